The number of aromatic nitrogens is 2. The van der Waals surface area contributed by atoms with E-state index in [4.69, 9.17) is 0 Å². The molecule has 13 heavy (non-hydrogen) atoms. The second-order valence-electron chi connectivity index (χ2n) is 4.80. The maximum Gasteiger partial charge on any atom is 0.203 e. The summed E-state index contributed by atoms with van der Waals surface area (Å²) in [5, 5.41) is 3.47. The highest BCUT2D eigenvalue weighted by atomic mass is 15.2. The van der Waals surface area contributed by atoms with Crippen molar-refractivity contribution in [3.8, 4) is 0 Å². The van der Waals surface area contributed by atoms with Gasteiger partial charge < -0.3 is 9.88 Å². The van der Waals surface area contributed by atoms with Crippen LogP contribution < -0.4 is 5.32 Å². The third kappa shape index (κ3) is 1.55. The molecule has 0 saturated carbocycles. The zero-order chi connectivity index (χ0) is 9.47. The van der Waals surface area contributed by atoms with Crippen LogP contribution in [0.3, 0.4) is 0 Å². The first-order valence-electron chi connectivity index (χ1n) is 4.85. The molecule has 0 aromatic carbocycles. The molecule has 2 rings (SSSR count). The number of aryl methyl sites for hydroxylation is 1. The highest BCUT2D eigenvalue weighted by Gasteiger charge is 2.28. The van der Waals surface area contributed by atoms with E-state index in [1.165, 1.54) is 6.42 Å². The lowest BCUT2D eigenvalue weighted by Crippen LogP contribution is -2.38. The summed E-state index contributed by atoms with van der Waals surface area (Å²) < 4.78 is 2.17. The minimum atomic E-state index is 0.317. The van der Waals surface area contributed by atoms with Crippen molar-refractivity contribution in [1.82, 2.24) is 9.55 Å². The Morgan fingerprint density at radius 1 is 1.54 bits per heavy atom. The molecule has 1 aromatic heterocycles. The van der Waals surface area contributed by atoms with E-state index in [0.29, 0.717) is 11.5 Å². The average Bonchev–Trinajstić information content (AvgIpc) is 2.47. The van der Waals surface area contributed by atoms with E-state index in [9.17, 15) is 0 Å². The zero-order valence-corrected chi connectivity index (χ0v) is 8.54. The first-order valence-corrected chi connectivity index (χ1v) is 4.85. The first kappa shape index (κ1) is 8.60. The van der Waals surface area contributed by atoms with E-state index in [1.807, 2.05) is 12.4 Å². The molecule has 0 radical (unpaired) electrons. The molecular weight excluding hydrogens is 162 g/mol. The third-order valence-electron chi connectivity index (χ3n) is 2.72. The van der Waals surface area contributed by atoms with Crippen molar-refractivity contribution >= 4 is 5.95 Å². The van der Waals surface area contributed by atoms with E-state index >= 15 is 0 Å². The molecule has 2 heterocycles. The van der Waals surface area contributed by atoms with Gasteiger partial charge in [0.15, 0.2) is 0 Å². The summed E-state index contributed by atoms with van der Waals surface area (Å²) in [5.41, 5.74) is 0.317. The molecular formula is C10H17N3. The van der Waals surface area contributed by atoms with E-state index < -0.39 is 0 Å². The van der Waals surface area contributed by atoms with Crippen LogP contribution in [0.25, 0.3) is 0 Å². The average molecular weight is 179 g/mol. The smallest absolute Gasteiger partial charge is 0.203 e. The van der Waals surface area contributed by atoms with Crippen LogP contribution in [0, 0.1) is 5.41 Å². The Hall–Kier alpha value is -0.990. The molecule has 0 spiro atoms. The van der Waals surface area contributed by atoms with E-state index in [1.54, 1.807) is 0 Å². The van der Waals surface area contributed by atoms with E-state index in [2.05, 4.69) is 35.6 Å². The summed E-state index contributed by atoms with van der Waals surface area (Å²) in [7, 11) is 0. The Morgan fingerprint density at radius 2 is 2.31 bits per heavy atom. The molecule has 1 aliphatic rings. The Kier molecular flexibility index (Phi) is 1.82. The van der Waals surface area contributed by atoms with Gasteiger partial charge in [-0.15, -0.1) is 0 Å². The third-order valence-corrected chi connectivity index (χ3v) is 2.72. The van der Waals surface area contributed by atoms with Crippen LogP contribution in [0.15, 0.2) is 12.4 Å². The maximum absolute atomic E-state index is 4.27. The van der Waals surface area contributed by atoms with Crippen LogP contribution in [0.5, 0.6) is 0 Å². The van der Waals surface area contributed by atoms with Crippen LogP contribution in [-0.2, 0) is 6.54 Å². The Balaban J connectivity index is 2.18. The molecule has 1 atom stereocenters. The lowest BCUT2D eigenvalue weighted by Gasteiger charge is -2.35. The van der Waals surface area contributed by atoms with Gasteiger partial charge in [0.1, 0.15) is 0 Å². The van der Waals surface area contributed by atoms with Crippen LogP contribution in [0.2, 0.25) is 0 Å². The van der Waals surface area contributed by atoms with Crippen molar-refractivity contribution in [3.05, 3.63) is 12.4 Å². The van der Waals surface area contributed by atoms with Crippen molar-refractivity contribution in [3.63, 3.8) is 0 Å². The minimum Gasteiger partial charge on any atom is -0.352 e. The number of rotatable bonds is 0. The Morgan fingerprint density at radius 3 is 3.00 bits per heavy atom. The fourth-order valence-electron chi connectivity index (χ4n) is 1.78. The molecule has 1 N–H and O–H groups in total. The normalized spacial score (nSPS) is 22.2. The van der Waals surface area contributed by atoms with Crippen LogP contribution in [-0.4, -0.2) is 15.6 Å². The molecule has 0 amide bonds. The minimum absolute atomic E-state index is 0.317. The highest BCUT2D eigenvalue weighted by molar-refractivity contribution is 5.30. The summed E-state index contributed by atoms with van der Waals surface area (Å²) >= 11 is 0. The van der Waals surface area contributed by atoms with Gasteiger partial charge >= 0.3 is 0 Å². The second-order valence-corrected chi connectivity index (χ2v) is 4.80. The molecule has 1 aromatic rings. The molecule has 0 bridgehead atoms. The molecule has 72 valence electrons. The molecule has 0 saturated heterocycles. The SMILES string of the molecule is CC(C)(C)C1CCn2ccnc2N1. The van der Waals surface area contributed by atoms with Gasteiger partial charge in [0.2, 0.25) is 5.95 Å². The quantitative estimate of drug-likeness (QED) is 0.661. The first-order chi connectivity index (χ1) is 6.07. The van der Waals surface area contributed by atoms with E-state index in [-0.39, 0.29) is 0 Å². The molecule has 0 fully saturated rings. The standard InChI is InChI=1S/C10H17N3/c1-10(2,3)8-4-6-13-7-5-11-9(13)12-8/h5,7-8H,4,6H2,1-3H3,(H,11,12). The van der Waals surface area contributed by atoms with Crippen LogP contribution in [0.4, 0.5) is 5.95 Å². The van der Waals surface area contributed by atoms with Gasteiger partial charge in [-0.2, -0.15) is 0 Å². The molecule has 1 unspecified atom stereocenters. The molecule has 0 aliphatic carbocycles. The van der Waals surface area contributed by atoms with Gasteiger partial charge in [-0.1, -0.05) is 20.8 Å². The highest BCUT2D eigenvalue weighted by Crippen LogP contribution is 2.28. The number of fused-ring (bicyclic) bond motifs is 1. The van der Waals surface area contributed by atoms with Crippen molar-refractivity contribution in [2.24, 2.45) is 5.41 Å². The number of anilines is 1. The summed E-state index contributed by atoms with van der Waals surface area (Å²) in [6, 6.07) is 0.544. The summed E-state index contributed by atoms with van der Waals surface area (Å²) in [6.45, 7) is 7.89. The van der Waals surface area contributed by atoms with Gasteiger partial charge in [-0.3, -0.25) is 0 Å². The topological polar surface area (TPSA) is 29.9 Å². The fraction of sp³-hybridized carbons (Fsp3) is 0.700. The predicted molar refractivity (Wildman–Crippen MR) is 53.7 cm³/mol. The Labute approximate surface area is 79.2 Å². The number of hydrogen-bond acceptors (Lipinski definition) is 2. The summed E-state index contributed by atoms with van der Waals surface area (Å²) in [6.07, 6.45) is 5.07. The molecule has 3 heteroatoms. The van der Waals surface area contributed by atoms with Crippen molar-refractivity contribution in [2.75, 3.05) is 5.32 Å². The van der Waals surface area contributed by atoms with Crippen LogP contribution >= 0.6 is 0 Å². The number of imidazole rings is 1. The van der Waals surface area contributed by atoms with Gasteiger partial charge in [0, 0.05) is 25.0 Å². The predicted octanol–water partition coefficient (Wildman–Crippen LogP) is 2.11. The van der Waals surface area contributed by atoms with Gasteiger partial charge in [0.25, 0.3) is 0 Å². The van der Waals surface area contributed by atoms with Gasteiger partial charge in [0.05, 0.1) is 0 Å². The maximum atomic E-state index is 4.27. The Bertz CT molecular complexity index is 295. The van der Waals surface area contributed by atoms with Gasteiger partial charge in [-0.05, 0) is 11.8 Å². The lowest BCUT2D eigenvalue weighted by atomic mass is 9.84. The monoisotopic (exact) mass is 179 g/mol. The number of hydrogen-bond donors (Lipinski definition) is 1. The zero-order valence-electron chi connectivity index (χ0n) is 8.54. The molecule has 3 nitrogen and oxygen atoms in total. The van der Waals surface area contributed by atoms with Crippen molar-refractivity contribution < 1.29 is 0 Å². The second kappa shape index (κ2) is 2.76. The summed E-state index contributed by atoms with van der Waals surface area (Å²) in [4.78, 5) is 4.27. The molecule has 1 aliphatic heterocycles. The number of nitrogens with zero attached hydrogens (tertiary/aromatic N) is 2. The van der Waals surface area contributed by atoms with Gasteiger partial charge in [-0.25, -0.2) is 4.98 Å². The van der Waals surface area contributed by atoms with E-state index in [0.717, 1.165) is 12.5 Å². The largest absolute Gasteiger partial charge is 0.352 e. The number of nitrogens with one attached hydrogen (secondary N) is 1. The van der Waals surface area contributed by atoms with Crippen LogP contribution in [0.1, 0.15) is 27.2 Å². The summed E-state index contributed by atoms with van der Waals surface area (Å²) in [5.74, 6) is 1.02. The lowest BCUT2D eigenvalue weighted by molar-refractivity contribution is 0.301. The fourth-order valence-corrected chi connectivity index (χ4v) is 1.78. The van der Waals surface area contributed by atoms with Crippen molar-refractivity contribution in [1.29, 1.82) is 0 Å². The van der Waals surface area contributed by atoms with Crippen molar-refractivity contribution in [2.45, 2.75) is 39.8 Å².